The Morgan fingerprint density at radius 2 is 1.88 bits per heavy atom. The van der Waals surface area contributed by atoms with Crippen molar-refractivity contribution in [3.05, 3.63) is 33.9 Å². The van der Waals surface area contributed by atoms with Gasteiger partial charge in [-0.1, -0.05) is 0 Å². The maximum Gasteiger partial charge on any atom is 0.293 e. The van der Waals surface area contributed by atoms with Crippen LogP contribution in [-0.4, -0.2) is 53.8 Å². The Labute approximate surface area is 151 Å². The van der Waals surface area contributed by atoms with E-state index in [1.165, 1.54) is 6.07 Å². The zero-order valence-corrected chi connectivity index (χ0v) is 15.1. The summed E-state index contributed by atoms with van der Waals surface area (Å²) in [6.45, 7) is 0. The maximum atomic E-state index is 13.0. The Morgan fingerprint density at radius 3 is 2.42 bits per heavy atom. The van der Waals surface area contributed by atoms with E-state index in [9.17, 15) is 23.3 Å². The van der Waals surface area contributed by atoms with Crippen molar-refractivity contribution in [3.63, 3.8) is 0 Å². The Balaban J connectivity index is 1.61. The molecule has 4 rings (SSSR count). The monoisotopic (exact) mass is 379 g/mol. The smallest absolute Gasteiger partial charge is 0.293 e. The number of benzene rings is 1. The van der Waals surface area contributed by atoms with Gasteiger partial charge in [0.25, 0.3) is 11.6 Å². The van der Waals surface area contributed by atoms with Crippen LogP contribution in [0.15, 0.2) is 18.2 Å². The number of nitro groups is 1. The molecule has 1 N–H and O–H groups in total. The van der Waals surface area contributed by atoms with E-state index in [1.54, 1.807) is 17.0 Å². The third-order valence-corrected chi connectivity index (χ3v) is 6.91. The molecule has 3 fully saturated rings. The molecule has 3 aliphatic rings. The first-order valence-electron chi connectivity index (χ1n) is 8.92. The van der Waals surface area contributed by atoms with Gasteiger partial charge in [0.2, 0.25) is 0 Å². The predicted octanol–water partition coefficient (Wildman–Crippen LogP) is 1.96. The Bertz CT molecular complexity index is 861. The van der Waals surface area contributed by atoms with Crippen LogP contribution in [0.2, 0.25) is 0 Å². The molecule has 1 aliphatic heterocycles. The molecule has 1 aromatic rings. The number of sulfone groups is 1. The summed E-state index contributed by atoms with van der Waals surface area (Å²) in [6.07, 6.45) is 4.12. The first-order chi connectivity index (χ1) is 12.3. The fraction of sp³-hybridized carbons (Fsp3) is 0.588. The second-order valence-electron chi connectivity index (χ2n) is 7.41. The molecule has 9 heteroatoms. The highest BCUT2D eigenvalue weighted by Gasteiger charge is 2.42. The van der Waals surface area contributed by atoms with Gasteiger partial charge in [-0.2, -0.15) is 0 Å². The third-order valence-electron chi connectivity index (χ3n) is 5.15. The van der Waals surface area contributed by atoms with Crippen molar-refractivity contribution in [2.75, 3.05) is 16.8 Å². The van der Waals surface area contributed by atoms with Crippen LogP contribution in [0.5, 0.6) is 0 Å². The van der Waals surface area contributed by atoms with E-state index in [0.717, 1.165) is 25.7 Å². The normalized spacial score (nSPS) is 24.2. The summed E-state index contributed by atoms with van der Waals surface area (Å²) in [4.78, 5) is 25.6. The minimum atomic E-state index is -3.11. The van der Waals surface area contributed by atoms with E-state index in [-0.39, 0.29) is 46.8 Å². The first-order valence-corrected chi connectivity index (χ1v) is 10.7. The summed E-state index contributed by atoms with van der Waals surface area (Å²) < 4.78 is 23.6. The van der Waals surface area contributed by atoms with Crippen molar-refractivity contribution < 1.29 is 18.1 Å². The molecule has 1 unspecified atom stereocenters. The lowest BCUT2D eigenvalue weighted by Crippen LogP contribution is -2.42. The van der Waals surface area contributed by atoms with Crippen molar-refractivity contribution >= 4 is 27.1 Å². The molecule has 1 amide bonds. The minimum absolute atomic E-state index is 0.0152. The van der Waals surface area contributed by atoms with Crippen LogP contribution in [0.1, 0.15) is 42.5 Å². The second kappa shape index (κ2) is 6.22. The number of nitrogens with zero attached hydrogens (tertiary/aromatic N) is 2. The largest absolute Gasteiger partial charge is 0.377 e. The van der Waals surface area contributed by atoms with Crippen LogP contribution in [0.25, 0.3) is 0 Å². The van der Waals surface area contributed by atoms with Gasteiger partial charge < -0.3 is 10.2 Å². The van der Waals surface area contributed by atoms with Crippen LogP contribution in [0, 0.1) is 10.1 Å². The van der Waals surface area contributed by atoms with Crippen molar-refractivity contribution in [1.29, 1.82) is 0 Å². The summed E-state index contributed by atoms with van der Waals surface area (Å²) >= 11 is 0. The third kappa shape index (κ3) is 3.53. The molecule has 26 heavy (non-hydrogen) atoms. The molecule has 140 valence electrons. The van der Waals surface area contributed by atoms with E-state index in [1.807, 2.05) is 0 Å². The van der Waals surface area contributed by atoms with E-state index in [2.05, 4.69) is 5.32 Å². The number of carbonyl (C=O) groups is 1. The standard InChI is InChI=1S/C17H21N3O5S/c21-17(19(13-4-5-13)14-7-8-26(24,25)10-14)11-1-6-15(18-12-2-3-12)16(9-11)20(22)23/h1,6,9,12-14,18H,2-5,7-8,10H2. The number of amides is 1. The molecular formula is C17H21N3O5S. The molecule has 1 saturated heterocycles. The summed E-state index contributed by atoms with van der Waals surface area (Å²) in [7, 11) is -3.11. The van der Waals surface area contributed by atoms with Crippen LogP contribution in [-0.2, 0) is 9.84 Å². The van der Waals surface area contributed by atoms with E-state index in [0.29, 0.717) is 12.1 Å². The fourth-order valence-electron chi connectivity index (χ4n) is 3.51. The van der Waals surface area contributed by atoms with Crippen LogP contribution >= 0.6 is 0 Å². The average Bonchev–Trinajstić information content (AvgIpc) is 3.49. The van der Waals surface area contributed by atoms with Crippen LogP contribution < -0.4 is 5.32 Å². The molecule has 1 atom stereocenters. The summed E-state index contributed by atoms with van der Waals surface area (Å²) in [5.41, 5.74) is 0.558. The van der Waals surface area contributed by atoms with Gasteiger partial charge >= 0.3 is 0 Å². The Kier molecular flexibility index (Phi) is 4.13. The van der Waals surface area contributed by atoms with E-state index >= 15 is 0 Å². The summed E-state index contributed by atoms with van der Waals surface area (Å²) in [5, 5.41) is 14.5. The predicted molar refractivity (Wildman–Crippen MR) is 96.0 cm³/mol. The quantitative estimate of drug-likeness (QED) is 0.598. The highest BCUT2D eigenvalue weighted by Crippen LogP contribution is 2.36. The number of anilines is 1. The lowest BCUT2D eigenvalue weighted by atomic mass is 10.1. The lowest BCUT2D eigenvalue weighted by molar-refractivity contribution is -0.384. The number of rotatable bonds is 6. The van der Waals surface area contributed by atoms with Gasteiger partial charge in [-0.15, -0.1) is 0 Å². The first kappa shape index (κ1) is 17.3. The van der Waals surface area contributed by atoms with Gasteiger partial charge in [0.05, 0.1) is 16.4 Å². The zero-order valence-electron chi connectivity index (χ0n) is 14.3. The molecule has 0 bridgehead atoms. The average molecular weight is 379 g/mol. The van der Waals surface area contributed by atoms with Crippen molar-refractivity contribution in [2.45, 2.75) is 50.2 Å². The van der Waals surface area contributed by atoms with Crippen molar-refractivity contribution in [2.24, 2.45) is 0 Å². The zero-order chi connectivity index (χ0) is 18.5. The fourth-order valence-corrected chi connectivity index (χ4v) is 5.22. The minimum Gasteiger partial charge on any atom is -0.377 e. The molecule has 0 aromatic heterocycles. The number of hydrogen-bond donors (Lipinski definition) is 1. The molecule has 1 heterocycles. The van der Waals surface area contributed by atoms with E-state index in [4.69, 9.17) is 0 Å². The van der Waals surface area contributed by atoms with Crippen molar-refractivity contribution in [1.82, 2.24) is 4.90 Å². The van der Waals surface area contributed by atoms with Crippen LogP contribution in [0.4, 0.5) is 11.4 Å². The number of carbonyl (C=O) groups excluding carboxylic acids is 1. The SMILES string of the molecule is O=C(c1ccc(NC2CC2)c([N+](=O)[O-])c1)N(C1CC1)C1CCS(=O)(=O)C1. The van der Waals surface area contributed by atoms with E-state index < -0.39 is 14.8 Å². The summed E-state index contributed by atoms with van der Waals surface area (Å²) in [5.74, 6) is -0.229. The van der Waals surface area contributed by atoms with Gasteiger partial charge in [-0.05, 0) is 44.2 Å². The number of nitro benzene ring substituents is 1. The Morgan fingerprint density at radius 1 is 1.15 bits per heavy atom. The molecule has 1 aromatic carbocycles. The number of nitrogens with one attached hydrogen (secondary N) is 1. The highest BCUT2D eigenvalue weighted by molar-refractivity contribution is 7.91. The molecule has 0 spiro atoms. The maximum absolute atomic E-state index is 13.0. The summed E-state index contributed by atoms with van der Waals surface area (Å²) in [6, 6.07) is 4.47. The van der Waals surface area contributed by atoms with Crippen LogP contribution in [0.3, 0.4) is 0 Å². The van der Waals surface area contributed by atoms with Gasteiger partial charge in [-0.3, -0.25) is 14.9 Å². The molecule has 2 aliphatic carbocycles. The van der Waals surface area contributed by atoms with Gasteiger partial charge in [0, 0.05) is 29.8 Å². The Hall–Kier alpha value is -2.16. The second-order valence-corrected chi connectivity index (χ2v) is 9.64. The topological polar surface area (TPSA) is 110 Å². The highest BCUT2D eigenvalue weighted by atomic mass is 32.2. The van der Waals surface area contributed by atoms with Gasteiger partial charge in [0.15, 0.2) is 9.84 Å². The van der Waals surface area contributed by atoms with Crippen molar-refractivity contribution in [3.8, 4) is 0 Å². The lowest BCUT2D eigenvalue weighted by Gasteiger charge is -2.28. The van der Waals surface area contributed by atoms with Gasteiger partial charge in [-0.25, -0.2) is 8.42 Å². The molecular weight excluding hydrogens is 358 g/mol. The molecule has 2 saturated carbocycles. The number of hydrogen-bond acceptors (Lipinski definition) is 6. The molecule has 0 radical (unpaired) electrons. The molecule has 8 nitrogen and oxygen atoms in total. The van der Waals surface area contributed by atoms with Gasteiger partial charge in [0.1, 0.15) is 5.69 Å².